The highest BCUT2D eigenvalue weighted by atomic mass is 32.2. The molecule has 0 radical (unpaired) electrons. The van der Waals surface area contributed by atoms with E-state index >= 15 is 0 Å². The zero-order chi connectivity index (χ0) is 19.1. The first-order valence-electron chi connectivity index (χ1n) is 8.54. The van der Waals surface area contributed by atoms with Gasteiger partial charge in [0.1, 0.15) is 5.25 Å². The third-order valence-corrected chi connectivity index (χ3v) is 5.25. The number of carbonyl (C=O) groups excluding carboxylic acids is 1. The number of carbonyl (C=O) groups is 1. The Kier molecular flexibility index (Phi) is 7.34. The van der Waals surface area contributed by atoms with Gasteiger partial charge >= 0.3 is 5.97 Å². The molecule has 1 heterocycles. The zero-order valence-electron chi connectivity index (χ0n) is 15.6. The second-order valence-electron chi connectivity index (χ2n) is 5.91. The van der Waals surface area contributed by atoms with Crippen LogP contribution < -0.4 is 9.47 Å². The van der Waals surface area contributed by atoms with Gasteiger partial charge in [-0.2, -0.15) is 5.26 Å². The van der Waals surface area contributed by atoms with Crippen molar-refractivity contribution in [2.24, 2.45) is 4.99 Å². The molecule has 1 aromatic carbocycles. The predicted octanol–water partition coefficient (Wildman–Crippen LogP) is 3.02. The van der Waals surface area contributed by atoms with Crippen LogP contribution in [0.25, 0.3) is 0 Å². The molecule has 6 nitrogen and oxygen atoms in total. The van der Waals surface area contributed by atoms with E-state index in [2.05, 4.69) is 11.1 Å². The molecule has 7 heteroatoms. The summed E-state index contributed by atoms with van der Waals surface area (Å²) in [5.74, 6) is 1.06. The summed E-state index contributed by atoms with van der Waals surface area (Å²) in [5.41, 5.74) is 2.62. The Labute approximate surface area is 158 Å². The summed E-state index contributed by atoms with van der Waals surface area (Å²) in [5, 5.41) is 9.07. The van der Waals surface area contributed by atoms with Crippen LogP contribution in [0.1, 0.15) is 31.4 Å². The summed E-state index contributed by atoms with van der Waals surface area (Å²) in [7, 11) is 3.17. The number of benzene rings is 1. The Hall–Kier alpha value is -2.20. The molecule has 2 unspecified atom stereocenters. The molecule has 0 bridgehead atoms. The van der Waals surface area contributed by atoms with Crippen molar-refractivity contribution in [3.63, 3.8) is 0 Å². The summed E-state index contributed by atoms with van der Waals surface area (Å²) in [6.45, 7) is 4.41. The summed E-state index contributed by atoms with van der Waals surface area (Å²) in [6.07, 6.45) is 1.42. The molecular formula is C19H24N2O4S. The molecule has 0 spiro atoms. The fourth-order valence-electron chi connectivity index (χ4n) is 2.64. The first-order chi connectivity index (χ1) is 12.5. The number of nitriles is 1. The Morgan fingerprint density at radius 2 is 2.04 bits per heavy atom. The van der Waals surface area contributed by atoms with Crippen LogP contribution in [0.3, 0.4) is 0 Å². The van der Waals surface area contributed by atoms with E-state index in [1.807, 2.05) is 26.0 Å². The van der Waals surface area contributed by atoms with Gasteiger partial charge in [-0.05, 0) is 37.5 Å². The molecule has 0 N–H and O–H groups in total. The second kappa shape index (κ2) is 9.48. The van der Waals surface area contributed by atoms with Crippen molar-refractivity contribution in [1.82, 2.24) is 0 Å². The predicted molar refractivity (Wildman–Crippen MR) is 102 cm³/mol. The highest BCUT2D eigenvalue weighted by Crippen LogP contribution is 2.34. The average Bonchev–Trinajstić information content (AvgIpc) is 2.67. The Morgan fingerprint density at radius 3 is 2.65 bits per heavy atom. The van der Waals surface area contributed by atoms with Gasteiger partial charge in [0.2, 0.25) is 0 Å². The molecular weight excluding hydrogens is 352 g/mol. The second-order valence-corrected chi connectivity index (χ2v) is 7.00. The molecule has 26 heavy (non-hydrogen) atoms. The fourth-order valence-corrected chi connectivity index (χ4v) is 3.45. The van der Waals surface area contributed by atoms with E-state index in [4.69, 9.17) is 14.2 Å². The molecule has 0 saturated carbocycles. The third kappa shape index (κ3) is 4.70. The van der Waals surface area contributed by atoms with Gasteiger partial charge in [0, 0.05) is 12.1 Å². The van der Waals surface area contributed by atoms with Crippen molar-refractivity contribution in [2.75, 3.05) is 26.5 Å². The SMILES string of the molecule is CCC(C)OC(=O)CSC(C#N)C1=NCCc2cc(OC)c(OC)cc21. The fraction of sp³-hybridized carbons (Fsp3) is 0.526. The highest BCUT2D eigenvalue weighted by molar-refractivity contribution is 8.01. The topological polar surface area (TPSA) is 80.9 Å². The van der Waals surface area contributed by atoms with Crippen LogP contribution in [0.2, 0.25) is 0 Å². The maximum atomic E-state index is 11.9. The van der Waals surface area contributed by atoms with Gasteiger partial charge in [-0.25, -0.2) is 0 Å². The third-order valence-electron chi connectivity index (χ3n) is 4.19. The molecule has 0 amide bonds. The van der Waals surface area contributed by atoms with Crippen molar-refractivity contribution in [3.8, 4) is 17.6 Å². The van der Waals surface area contributed by atoms with E-state index in [9.17, 15) is 10.1 Å². The lowest BCUT2D eigenvalue weighted by Crippen LogP contribution is -2.25. The Balaban J connectivity index is 2.18. The molecule has 0 aliphatic carbocycles. The van der Waals surface area contributed by atoms with Crippen LogP contribution in [0.4, 0.5) is 0 Å². The Bertz CT molecular complexity index is 727. The monoisotopic (exact) mass is 376 g/mol. The summed E-state index contributed by atoms with van der Waals surface area (Å²) in [6, 6.07) is 6.04. The van der Waals surface area contributed by atoms with Crippen molar-refractivity contribution < 1.29 is 19.0 Å². The lowest BCUT2D eigenvalue weighted by Gasteiger charge is -2.22. The van der Waals surface area contributed by atoms with E-state index in [0.29, 0.717) is 23.8 Å². The maximum Gasteiger partial charge on any atom is 0.316 e. The van der Waals surface area contributed by atoms with Gasteiger partial charge in [-0.3, -0.25) is 9.79 Å². The van der Waals surface area contributed by atoms with Crippen molar-refractivity contribution in [3.05, 3.63) is 23.3 Å². The molecule has 1 aromatic rings. The average molecular weight is 376 g/mol. The number of aliphatic imine (C=N–C) groups is 1. The molecule has 0 fully saturated rings. The Morgan fingerprint density at radius 1 is 1.35 bits per heavy atom. The standard InChI is InChI=1S/C19H24N2O4S/c1-5-12(2)25-18(22)11-26-17(10-20)19-14-9-16(24-4)15(23-3)8-13(14)6-7-21-19/h8-9,12,17H,5-7,11H2,1-4H3. The molecule has 0 aromatic heterocycles. The highest BCUT2D eigenvalue weighted by Gasteiger charge is 2.26. The van der Waals surface area contributed by atoms with Gasteiger partial charge in [0.25, 0.3) is 0 Å². The van der Waals surface area contributed by atoms with E-state index in [1.165, 1.54) is 11.8 Å². The number of hydrogen-bond acceptors (Lipinski definition) is 7. The lowest BCUT2D eigenvalue weighted by molar-refractivity contribution is -0.144. The molecule has 2 rings (SSSR count). The summed E-state index contributed by atoms with van der Waals surface area (Å²) < 4.78 is 16.0. The van der Waals surface area contributed by atoms with E-state index in [1.54, 1.807) is 14.2 Å². The summed E-state index contributed by atoms with van der Waals surface area (Å²) >= 11 is 1.24. The molecule has 140 valence electrons. The minimum Gasteiger partial charge on any atom is -0.493 e. The van der Waals surface area contributed by atoms with E-state index in [-0.39, 0.29) is 17.8 Å². The minimum atomic E-state index is -0.545. The number of nitrogens with zero attached hydrogens (tertiary/aromatic N) is 2. The van der Waals surface area contributed by atoms with Gasteiger partial charge in [-0.1, -0.05) is 6.92 Å². The van der Waals surface area contributed by atoms with Crippen LogP contribution in [-0.2, 0) is 16.0 Å². The lowest BCUT2D eigenvalue weighted by atomic mass is 9.95. The van der Waals surface area contributed by atoms with Gasteiger partial charge in [0.05, 0.1) is 37.9 Å². The zero-order valence-corrected chi connectivity index (χ0v) is 16.4. The number of rotatable bonds is 8. The number of fused-ring (bicyclic) bond motifs is 1. The van der Waals surface area contributed by atoms with E-state index in [0.717, 1.165) is 24.0 Å². The summed E-state index contributed by atoms with van der Waals surface area (Å²) in [4.78, 5) is 16.5. The first kappa shape index (κ1) is 20.1. The van der Waals surface area contributed by atoms with Crippen LogP contribution >= 0.6 is 11.8 Å². The first-order valence-corrected chi connectivity index (χ1v) is 9.59. The van der Waals surface area contributed by atoms with Crippen LogP contribution in [0.15, 0.2) is 17.1 Å². The quantitative estimate of drug-likeness (QED) is 0.649. The molecule has 0 saturated heterocycles. The number of thioether (sulfide) groups is 1. The maximum absolute atomic E-state index is 11.9. The largest absolute Gasteiger partial charge is 0.493 e. The minimum absolute atomic E-state index is 0.115. The number of hydrogen-bond donors (Lipinski definition) is 0. The van der Waals surface area contributed by atoms with Crippen LogP contribution in [0.5, 0.6) is 11.5 Å². The normalized spacial score (nSPS) is 15.1. The van der Waals surface area contributed by atoms with Crippen molar-refractivity contribution in [2.45, 2.75) is 38.0 Å². The van der Waals surface area contributed by atoms with Crippen LogP contribution in [0, 0.1) is 11.3 Å². The van der Waals surface area contributed by atoms with Crippen molar-refractivity contribution in [1.29, 1.82) is 5.26 Å². The number of methoxy groups -OCH3 is 2. The molecule has 2 atom stereocenters. The van der Waals surface area contributed by atoms with Gasteiger partial charge in [0.15, 0.2) is 11.5 Å². The van der Waals surface area contributed by atoms with Gasteiger partial charge in [-0.15, -0.1) is 11.8 Å². The van der Waals surface area contributed by atoms with Crippen LogP contribution in [-0.4, -0.2) is 49.6 Å². The van der Waals surface area contributed by atoms with E-state index < -0.39 is 5.25 Å². The number of ether oxygens (including phenoxy) is 3. The molecule has 1 aliphatic heterocycles. The van der Waals surface area contributed by atoms with Gasteiger partial charge < -0.3 is 14.2 Å². The molecule has 1 aliphatic rings. The number of esters is 1. The van der Waals surface area contributed by atoms with Crippen molar-refractivity contribution >= 4 is 23.4 Å². The smallest absolute Gasteiger partial charge is 0.316 e.